The molecule has 0 aliphatic carbocycles. The second-order valence-electron chi connectivity index (χ2n) is 8.18. The standard InChI is InChI=1S/C27H29N3O5S/c1-33-14-13-29(27(32)25-10-7-15-36-25)18-26(31)30-23(19-8-5-4-6-9-19)17-22(28-30)21-12-11-20(34-2)16-24(21)35-3/h4-12,15-16,23H,13-14,17-18H2,1-3H3/t23-/m0/s1. The summed E-state index contributed by atoms with van der Waals surface area (Å²) in [7, 11) is 4.76. The molecule has 1 atom stereocenters. The van der Waals surface area contributed by atoms with Gasteiger partial charge in [-0.15, -0.1) is 11.3 Å². The van der Waals surface area contributed by atoms with Gasteiger partial charge in [-0.1, -0.05) is 36.4 Å². The van der Waals surface area contributed by atoms with Gasteiger partial charge in [-0.25, -0.2) is 5.01 Å². The number of rotatable bonds is 10. The number of hydrogen-bond donors (Lipinski definition) is 0. The van der Waals surface area contributed by atoms with Crippen LogP contribution in [-0.4, -0.2) is 68.5 Å². The van der Waals surface area contributed by atoms with Gasteiger partial charge in [-0.3, -0.25) is 9.59 Å². The average Bonchev–Trinajstić information content (AvgIpc) is 3.61. The number of methoxy groups -OCH3 is 3. The molecule has 0 bridgehead atoms. The number of hydrazone groups is 1. The summed E-state index contributed by atoms with van der Waals surface area (Å²) in [6, 6.07) is 18.6. The van der Waals surface area contributed by atoms with Crippen LogP contribution in [0.15, 0.2) is 71.1 Å². The van der Waals surface area contributed by atoms with Gasteiger partial charge in [0, 0.05) is 31.7 Å². The molecule has 36 heavy (non-hydrogen) atoms. The summed E-state index contributed by atoms with van der Waals surface area (Å²) in [6.07, 6.45) is 0.509. The van der Waals surface area contributed by atoms with Crippen molar-refractivity contribution < 1.29 is 23.8 Å². The third kappa shape index (κ3) is 5.58. The number of amides is 2. The first kappa shape index (κ1) is 25.4. The molecule has 0 N–H and O–H groups in total. The molecule has 1 aliphatic rings. The minimum atomic E-state index is -0.304. The Morgan fingerprint density at radius 3 is 2.53 bits per heavy atom. The summed E-state index contributed by atoms with van der Waals surface area (Å²) in [6.45, 7) is 0.510. The first-order chi connectivity index (χ1) is 17.5. The van der Waals surface area contributed by atoms with Crippen molar-refractivity contribution in [3.05, 3.63) is 82.0 Å². The van der Waals surface area contributed by atoms with E-state index in [1.807, 2.05) is 53.9 Å². The Bertz CT molecular complexity index is 1210. The number of hydrogen-bond acceptors (Lipinski definition) is 7. The smallest absolute Gasteiger partial charge is 0.264 e. The van der Waals surface area contributed by atoms with Crippen LogP contribution in [-0.2, 0) is 9.53 Å². The van der Waals surface area contributed by atoms with Crippen LogP contribution < -0.4 is 9.47 Å². The number of thiophene rings is 1. The maximum atomic E-state index is 13.6. The molecule has 0 spiro atoms. The molecule has 0 saturated carbocycles. The lowest BCUT2D eigenvalue weighted by molar-refractivity contribution is -0.133. The van der Waals surface area contributed by atoms with E-state index in [0.717, 1.165) is 16.8 Å². The van der Waals surface area contributed by atoms with Crippen molar-refractivity contribution in [3.8, 4) is 11.5 Å². The molecule has 8 nitrogen and oxygen atoms in total. The monoisotopic (exact) mass is 507 g/mol. The summed E-state index contributed by atoms with van der Waals surface area (Å²) in [4.78, 5) is 28.8. The number of carbonyl (C=O) groups excluding carboxylic acids is 2. The Morgan fingerprint density at radius 1 is 1.06 bits per heavy atom. The summed E-state index contributed by atoms with van der Waals surface area (Å²) in [5.41, 5.74) is 2.48. The molecule has 1 aromatic heterocycles. The molecule has 3 aromatic rings. The summed E-state index contributed by atoms with van der Waals surface area (Å²) in [5.74, 6) is 0.811. The van der Waals surface area contributed by atoms with Gasteiger partial charge in [0.1, 0.15) is 18.0 Å². The van der Waals surface area contributed by atoms with Crippen LogP contribution in [0.4, 0.5) is 0 Å². The third-order valence-electron chi connectivity index (χ3n) is 5.98. The van der Waals surface area contributed by atoms with Crippen molar-refractivity contribution in [3.63, 3.8) is 0 Å². The lowest BCUT2D eigenvalue weighted by Gasteiger charge is -2.26. The van der Waals surface area contributed by atoms with Crippen LogP contribution in [0, 0.1) is 0 Å². The number of benzene rings is 2. The minimum Gasteiger partial charge on any atom is -0.497 e. The predicted molar refractivity (Wildman–Crippen MR) is 139 cm³/mol. The summed E-state index contributed by atoms with van der Waals surface area (Å²) in [5, 5.41) is 8.09. The van der Waals surface area contributed by atoms with Gasteiger partial charge in [0.15, 0.2) is 0 Å². The first-order valence-electron chi connectivity index (χ1n) is 11.5. The molecule has 0 unspecified atom stereocenters. The van der Waals surface area contributed by atoms with Crippen molar-refractivity contribution in [1.82, 2.24) is 9.91 Å². The Labute approximate surface area is 214 Å². The summed E-state index contributed by atoms with van der Waals surface area (Å²) >= 11 is 1.35. The van der Waals surface area contributed by atoms with Crippen LogP contribution in [0.3, 0.4) is 0 Å². The van der Waals surface area contributed by atoms with E-state index in [0.29, 0.717) is 35.9 Å². The molecular formula is C27H29N3O5S. The highest BCUT2D eigenvalue weighted by atomic mass is 32.1. The van der Waals surface area contributed by atoms with Crippen molar-refractivity contribution in [2.45, 2.75) is 12.5 Å². The second kappa shape index (κ2) is 11.8. The highest BCUT2D eigenvalue weighted by Gasteiger charge is 2.35. The van der Waals surface area contributed by atoms with Crippen LogP contribution in [0.1, 0.15) is 33.3 Å². The van der Waals surface area contributed by atoms with Gasteiger partial charge < -0.3 is 19.1 Å². The first-order valence-corrected chi connectivity index (χ1v) is 12.4. The van der Waals surface area contributed by atoms with Gasteiger partial charge in [0.2, 0.25) is 0 Å². The number of nitrogens with zero attached hydrogens (tertiary/aromatic N) is 3. The fourth-order valence-corrected chi connectivity index (χ4v) is 4.81. The van der Waals surface area contributed by atoms with Crippen molar-refractivity contribution in [1.29, 1.82) is 0 Å². The van der Waals surface area contributed by atoms with Crippen LogP contribution in [0.5, 0.6) is 11.5 Å². The van der Waals surface area contributed by atoms with Gasteiger partial charge in [0.05, 0.1) is 37.5 Å². The quantitative estimate of drug-likeness (QED) is 0.410. The molecule has 4 rings (SSSR count). The van der Waals surface area contributed by atoms with E-state index in [-0.39, 0.29) is 24.4 Å². The molecule has 0 radical (unpaired) electrons. The highest BCUT2D eigenvalue weighted by molar-refractivity contribution is 7.12. The molecule has 0 saturated heterocycles. The topological polar surface area (TPSA) is 80.7 Å². The van der Waals surface area contributed by atoms with Gasteiger partial charge in [-0.2, -0.15) is 5.10 Å². The molecule has 9 heteroatoms. The lowest BCUT2D eigenvalue weighted by Crippen LogP contribution is -2.42. The van der Waals surface area contributed by atoms with E-state index in [9.17, 15) is 9.59 Å². The molecule has 2 heterocycles. The molecule has 1 aliphatic heterocycles. The van der Waals surface area contributed by atoms with E-state index in [1.165, 1.54) is 21.2 Å². The van der Waals surface area contributed by atoms with Crippen molar-refractivity contribution >= 4 is 28.9 Å². The zero-order valence-electron chi connectivity index (χ0n) is 20.5. The van der Waals surface area contributed by atoms with Gasteiger partial charge in [0.25, 0.3) is 11.8 Å². The Kier molecular flexibility index (Phi) is 8.35. The highest BCUT2D eigenvalue weighted by Crippen LogP contribution is 2.36. The van der Waals surface area contributed by atoms with Crippen molar-refractivity contribution in [2.24, 2.45) is 5.10 Å². The van der Waals surface area contributed by atoms with E-state index in [4.69, 9.17) is 19.3 Å². The molecular weight excluding hydrogens is 478 g/mol. The lowest BCUT2D eigenvalue weighted by atomic mass is 9.98. The Hall–Kier alpha value is -3.69. The predicted octanol–water partition coefficient (Wildman–Crippen LogP) is 4.23. The minimum absolute atomic E-state index is 0.111. The largest absolute Gasteiger partial charge is 0.497 e. The van der Waals surface area contributed by atoms with E-state index in [1.54, 1.807) is 33.5 Å². The molecule has 188 valence electrons. The summed E-state index contributed by atoms with van der Waals surface area (Å²) < 4.78 is 16.1. The average molecular weight is 508 g/mol. The fraction of sp³-hybridized carbons (Fsp3) is 0.296. The second-order valence-corrected chi connectivity index (χ2v) is 9.13. The maximum absolute atomic E-state index is 13.6. The van der Waals surface area contributed by atoms with Crippen LogP contribution in [0.25, 0.3) is 0 Å². The normalized spacial score (nSPS) is 14.9. The van der Waals surface area contributed by atoms with E-state index in [2.05, 4.69) is 0 Å². The van der Waals surface area contributed by atoms with Crippen LogP contribution >= 0.6 is 11.3 Å². The number of ether oxygens (including phenoxy) is 3. The van der Waals surface area contributed by atoms with Crippen molar-refractivity contribution in [2.75, 3.05) is 41.0 Å². The molecule has 2 aromatic carbocycles. The molecule has 2 amide bonds. The maximum Gasteiger partial charge on any atom is 0.264 e. The van der Waals surface area contributed by atoms with Crippen LogP contribution in [0.2, 0.25) is 0 Å². The fourth-order valence-electron chi connectivity index (χ4n) is 4.12. The number of carbonyl (C=O) groups is 2. The van der Waals surface area contributed by atoms with Gasteiger partial charge >= 0.3 is 0 Å². The zero-order chi connectivity index (χ0) is 25.5. The van der Waals surface area contributed by atoms with Gasteiger partial charge in [-0.05, 0) is 29.1 Å². The SMILES string of the molecule is COCCN(CC(=O)N1N=C(c2ccc(OC)cc2OC)C[C@H]1c1ccccc1)C(=O)c1cccs1. The zero-order valence-corrected chi connectivity index (χ0v) is 21.4. The Balaban J connectivity index is 1.65. The molecule has 0 fully saturated rings. The van der Waals surface area contributed by atoms with E-state index >= 15 is 0 Å². The third-order valence-corrected chi connectivity index (χ3v) is 6.84. The Morgan fingerprint density at radius 2 is 1.86 bits per heavy atom. The van der Waals surface area contributed by atoms with E-state index < -0.39 is 0 Å².